The van der Waals surface area contributed by atoms with E-state index in [0.29, 0.717) is 5.82 Å². The molecule has 0 aromatic carbocycles. The average Bonchev–Trinajstić information content (AvgIpc) is 2.54. The maximum Gasteiger partial charge on any atom is 0.307 e. The van der Waals surface area contributed by atoms with E-state index in [-0.39, 0.29) is 17.3 Å². The summed E-state index contributed by atoms with van der Waals surface area (Å²) in [5, 5.41) is 16.4. The van der Waals surface area contributed by atoms with Crippen LogP contribution in [-0.4, -0.2) is 25.9 Å². The first-order chi connectivity index (χ1) is 6.87. The third kappa shape index (κ3) is 1.15. The number of hydrogen-bond donors (Lipinski definition) is 3. The Labute approximate surface area is 86.0 Å². The number of carbonyl (C=O) groups is 1. The van der Waals surface area contributed by atoms with Gasteiger partial charge in [-0.25, -0.2) is 4.68 Å². The molecule has 5 N–H and O–H groups in total. The van der Waals surface area contributed by atoms with E-state index in [9.17, 15) is 4.79 Å². The molecule has 7 heteroatoms. The van der Waals surface area contributed by atoms with E-state index in [0.717, 1.165) is 4.68 Å². The van der Waals surface area contributed by atoms with Gasteiger partial charge < -0.3 is 16.7 Å². The standard InChI is InChI=1S/C8H13N5O2/c1-8(2)3(4(8)6(14)15)5-11-12-7(9)13(5)10/h3-4H,10H2,1-2H3,(H2,9,12)(H,14,15). The van der Waals surface area contributed by atoms with Crippen molar-refractivity contribution in [2.24, 2.45) is 11.3 Å². The van der Waals surface area contributed by atoms with Crippen molar-refractivity contribution in [1.82, 2.24) is 14.9 Å². The summed E-state index contributed by atoms with van der Waals surface area (Å²) in [5.41, 5.74) is 5.09. The van der Waals surface area contributed by atoms with E-state index in [1.54, 1.807) is 0 Å². The van der Waals surface area contributed by atoms with Crippen molar-refractivity contribution < 1.29 is 9.90 Å². The van der Waals surface area contributed by atoms with Gasteiger partial charge in [-0.2, -0.15) is 0 Å². The molecule has 2 unspecified atom stereocenters. The van der Waals surface area contributed by atoms with Gasteiger partial charge in [-0.3, -0.25) is 4.79 Å². The number of aromatic nitrogens is 3. The molecule has 0 bridgehead atoms. The summed E-state index contributed by atoms with van der Waals surface area (Å²) in [6, 6.07) is 0. The number of rotatable bonds is 2. The zero-order chi connectivity index (χ0) is 11.4. The molecule has 1 fully saturated rings. The number of hydrogen-bond acceptors (Lipinski definition) is 5. The molecule has 7 nitrogen and oxygen atoms in total. The van der Waals surface area contributed by atoms with Crippen LogP contribution in [0, 0.1) is 11.3 Å². The summed E-state index contributed by atoms with van der Waals surface area (Å²) in [4.78, 5) is 10.9. The molecule has 1 heterocycles. The Morgan fingerprint density at radius 2 is 2.13 bits per heavy atom. The molecular weight excluding hydrogens is 198 g/mol. The monoisotopic (exact) mass is 211 g/mol. The van der Waals surface area contributed by atoms with Crippen molar-refractivity contribution in [3.63, 3.8) is 0 Å². The van der Waals surface area contributed by atoms with Gasteiger partial charge >= 0.3 is 5.97 Å². The minimum Gasteiger partial charge on any atom is -0.481 e. The lowest BCUT2D eigenvalue weighted by atomic mass is 10.1. The number of nitrogen functional groups attached to an aromatic ring is 2. The third-order valence-corrected chi connectivity index (χ3v) is 3.12. The lowest BCUT2D eigenvalue weighted by Gasteiger charge is -2.01. The number of nitrogens with two attached hydrogens (primary N) is 2. The Balaban J connectivity index is 2.35. The summed E-state index contributed by atoms with van der Waals surface area (Å²) in [7, 11) is 0. The van der Waals surface area contributed by atoms with Crippen molar-refractivity contribution in [2.75, 3.05) is 11.6 Å². The Morgan fingerprint density at radius 1 is 1.53 bits per heavy atom. The zero-order valence-electron chi connectivity index (χ0n) is 8.51. The summed E-state index contributed by atoms with van der Waals surface area (Å²) >= 11 is 0. The van der Waals surface area contributed by atoms with Gasteiger partial charge in [0.2, 0.25) is 5.95 Å². The van der Waals surface area contributed by atoms with E-state index in [4.69, 9.17) is 16.7 Å². The highest BCUT2D eigenvalue weighted by Gasteiger charge is 2.65. The molecule has 2 rings (SSSR count). The van der Waals surface area contributed by atoms with Gasteiger partial charge in [0.1, 0.15) is 0 Å². The fraction of sp³-hybridized carbons (Fsp3) is 0.625. The Bertz CT molecular complexity index is 425. The predicted octanol–water partition coefficient (Wildman–Crippen LogP) is -0.602. The quantitative estimate of drug-likeness (QED) is 0.562. The summed E-state index contributed by atoms with van der Waals surface area (Å²) in [5.74, 6) is 4.60. The van der Waals surface area contributed by atoms with Crippen LogP contribution in [0.3, 0.4) is 0 Å². The average molecular weight is 211 g/mol. The molecule has 1 saturated carbocycles. The summed E-state index contributed by atoms with van der Waals surface area (Å²) in [6.45, 7) is 3.72. The van der Waals surface area contributed by atoms with Crippen LogP contribution in [0.2, 0.25) is 0 Å². The van der Waals surface area contributed by atoms with Crippen LogP contribution in [0.4, 0.5) is 5.95 Å². The van der Waals surface area contributed by atoms with Crippen molar-refractivity contribution in [1.29, 1.82) is 0 Å². The number of anilines is 1. The van der Waals surface area contributed by atoms with Crippen molar-refractivity contribution in [3.05, 3.63) is 5.82 Å². The van der Waals surface area contributed by atoms with Crippen molar-refractivity contribution in [2.45, 2.75) is 19.8 Å². The number of carboxylic acids is 1. The second kappa shape index (κ2) is 2.62. The van der Waals surface area contributed by atoms with Gasteiger partial charge in [0.15, 0.2) is 5.82 Å². The Morgan fingerprint density at radius 3 is 2.47 bits per heavy atom. The van der Waals surface area contributed by atoms with Crippen LogP contribution < -0.4 is 11.6 Å². The maximum atomic E-state index is 10.9. The zero-order valence-corrected chi connectivity index (χ0v) is 8.51. The molecule has 1 aliphatic carbocycles. The van der Waals surface area contributed by atoms with E-state index >= 15 is 0 Å². The fourth-order valence-electron chi connectivity index (χ4n) is 2.11. The highest BCUT2D eigenvalue weighted by atomic mass is 16.4. The Hall–Kier alpha value is -1.79. The minimum absolute atomic E-state index is 0.0943. The van der Waals surface area contributed by atoms with Crippen LogP contribution in [0.15, 0.2) is 0 Å². The molecule has 0 spiro atoms. The topological polar surface area (TPSA) is 120 Å². The molecule has 0 saturated heterocycles. The third-order valence-electron chi connectivity index (χ3n) is 3.12. The summed E-state index contributed by atoms with van der Waals surface area (Å²) < 4.78 is 1.15. The fourth-order valence-corrected chi connectivity index (χ4v) is 2.11. The molecule has 0 aliphatic heterocycles. The Kier molecular flexibility index (Phi) is 1.70. The van der Waals surface area contributed by atoms with Gasteiger partial charge in [0.05, 0.1) is 5.92 Å². The van der Waals surface area contributed by atoms with Crippen molar-refractivity contribution in [3.8, 4) is 0 Å². The van der Waals surface area contributed by atoms with Gasteiger partial charge in [0.25, 0.3) is 0 Å². The predicted molar refractivity (Wildman–Crippen MR) is 52.2 cm³/mol. The van der Waals surface area contributed by atoms with Crippen LogP contribution >= 0.6 is 0 Å². The molecule has 15 heavy (non-hydrogen) atoms. The molecular formula is C8H13N5O2. The molecule has 1 aliphatic rings. The molecule has 82 valence electrons. The van der Waals surface area contributed by atoms with E-state index in [1.165, 1.54) is 0 Å². The van der Waals surface area contributed by atoms with Gasteiger partial charge in [-0.05, 0) is 5.41 Å². The number of nitrogens with zero attached hydrogens (tertiary/aromatic N) is 3. The largest absolute Gasteiger partial charge is 0.481 e. The van der Waals surface area contributed by atoms with Crippen LogP contribution in [-0.2, 0) is 4.79 Å². The van der Waals surface area contributed by atoms with Crippen molar-refractivity contribution >= 4 is 11.9 Å². The first-order valence-corrected chi connectivity index (χ1v) is 4.56. The normalized spacial score (nSPS) is 27.6. The lowest BCUT2D eigenvalue weighted by molar-refractivity contribution is -0.139. The molecule has 0 radical (unpaired) electrons. The van der Waals surface area contributed by atoms with E-state index in [1.807, 2.05) is 13.8 Å². The van der Waals surface area contributed by atoms with Gasteiger partial charge in [0, 0.05) is 5.92 Å². The van der Waals surface area contributed by atoms with E-state index in [2.05, 4.69) is 10.2 Å². The molecule has 1 aromatic rings. The lowest BCUT2D eigenvalue weighted by Crippen LogP contribution is -2.16. The highest BCUT2D eigenvalue weighted by molar-refractivity contribution is 5.77. The minimum atomic E-state index is -0.841. The molecule has 0 amide bonds. The van der Waals surface area contributed by atoms with E-state index < -0.39 is 11.9 Å². The smallest absolute Gasteiger partial charge is 0.307 e. The van der Waals surface area contributed by atoms with Crippen LogP contribution in [0.25, 0.3) is 0 Å². The highest BCUT2D eigenvalue weighted by Crippen LogP contribution is 2.63. The summed E-state index contributed by atoms with van der Waals surface area (Å²) in [6.07, 6.45) is 0. The molecule has 2 atom stereocenters. The first-order valence-electron chi connectivity index (χ1n) is 4.56. The van der Waals surface area contributed by atoms with Gasteiger partial charge in [-0.15, -0.1) is 10.2 Å². The number of carboxylic acid groups (broad SMARTS) is 1. The number of aliphatic carboxylic acids is 1. The first kappa shape index (κ1) is 9.75. The molecule has 1 aromatic heterocycles. The van der Waals surface area contributed by atoms with Gasteiger partial charge in [-0.1, -0.05) is 13.8 Å². The van der Waals surface area contributed by atoms with Crippen LogP contribution in [0.1, 0.15) is 25.6 Å². The maximum absolute atomic E-state index is 10.9. The second-order valence-corrected chi connectivity index (χ2v) is 4.40. The van der Waals surface area contributed by atoms with Crippen LogP contribution in [0.5, 0.6) is 0 Å². The second-order valence-electron chi connectivity index (χ2n) is 4.40. The SMILES string of the molecule is CC1(C)C(C(=O)O)C1c1nnc(N)n1N.